The number of hydrogen-bond donors (Lipinski definition) is 1. The maximum absolute atomic E-state index is 10.5. The number of carboxylic acid groups (broad SMARTS) is 1. The third-order valence-corrected chi connectivity index (χ3v) is 3.03. The number of hydrogen-bond acceptors (Lipinski definition) is 1. The monoisotopic (exact) mass is 218 g/mol. The summed E-state index contributed by atoms with van der Waals surface area (Å²) in [4.78, 5) is 10.5. The van der Waals surface area contributed by atoms with Crippen molar-refractivity contribution in [3.8, 4) is 0 Å². The second-order valence-corrected chi connectivity index (χ2v) is 6.54. The Kier molecular flexibility index (Phi) is 5.74. The molecule has 0 saturated heterocycles. The molecule has 0 aliphatic rings. The Balaban J connectivity index is 4.22. The Bertz CT molecular complexity index is 244. The highest BCUT2D eigenvalue weighted by Crippen LogP contribution is 2.14. The van der Waals surface area contributed by atoms with E-state index in [-0.39, 0.29) is 5.57 Å². The molecule has 0 aromatic heterocycles. The standard InChI is InChI=1S/C9H15ClO2Si/c1-7(9(11)12)8(10)5-4-6-13(2)3/h4,6,13H,5H2,1-3H3,(H,11,12). The van der Waals surface area contributed by atoms with Crippen LogP contribution in [0.15, 0.2) is 22.4 Å². The van der Waals surface area contributed by atoms with Crippen LogP contribution in [0.2, 0.25) is 13.1 Å². The molecule has 0 atom stereocenters. The summed E-state index contributed by atoms with van der Waals surface area (Å²) in [5.41, 5.74) is 2.37. The van der Waals surface area contributed by atoms with Gasteiger partial charge in [0.25, 0.3) is 0 Å². The largest absolute Gasteiger partial charge is 0.478 e. The molecule has 74 valence electrons. The lowest BCUT2D eigenvalue weighted by atomic mass is 10.2. The van der Waals surface area contributed by atoms with Crippen molar-refractivity contribution in [2.45, 2.75) is 26.4 Å². The topological polar surface area (TPSA) is 37.3 Å². The highest BCUT2D eigenvalue weighted by atomic mass is 35.5. The van der Waals surface area contributed by atoms with Crippen LogP contribution in [0.3, 0.4) is 0 Å². The van der Waals surface area contributed by atoms with Crippen molar-refractivity contribution in [2.75, 3.05) is 0 Å². The predicted molar refractivity (Wildman–Crippen MR) is 58.8 cm³/mol. The highest BCUT2D eigenvalue weighted by molar-refractivity contribution is 6.61. The molecule has 0 aromatic rings. The van der Waals surface area contributed by atoms with E-state index in [1.807, 2.05) is 6.08 Å². The molecule has 0 bridgehead atoms. The van der Waals surface area contributed by atoms with Crippen LogP contribution in [-0.4, -0.2) is 19.9 Å². The quantitative estimate of drug-likeness (QED) is 0.582. The Morgan fingerprint density at radius 1 is 1.54 bits per heavy atom. The first kappa shape index (κ1) is 12.5. The van der Waals surface area contributed by atoms with Gasteiger partial charge >= 0.3 is 5.97 Å². The third kappa shape index (κ3) is 5.66. The summed E-state index contributed by atoms with van der Waals surface area (Å²) in [5, 5.41) is 9.02. The van der Waals surface area contributed by atoms with E-state index in [1.54, 1.807) is 0 Å². The van der Waals surface area contributed by atoms with Gasteiger partial charge in [0.1, 0.15) is 0 Å². The zero-order valence-corrected chi connectivity index (χ0v) is 10.1. The molecule has 0 aromatic carbocycles. The van der Waals surface area contributed by atoms with E-state index < -0.39 is 14.8 Å². The number of allylic oxidation sites excluding steroid dienone is 2. The van der Waals surface area contributed by atoms with E-state index >= 15 is 0 Å². The zero-order chi connectivity index (χ0) is 10.4. The van der Waals surface area contributed by atoms with Gasteiger partial charge in [-0.2, -0.15) is 0 Å². The number of aliphatic carboxylic acids is 1. The molecule has 0 radical (unpaired) electrons. The molecule has 0 unspecified atom stereocenters. The van der Waals surface area contributed by atoms with Crippen LogP contribution in [0, 0.1) is 0 Å². The van der Waals surface area contributed by atoms with Crippen LogP contribution >= 0.6 is 11.6 Å². The van der Waals surface area contributed by atoms with Crippen molar-refractivity contribution in [1.82, 2.24) is 0 Å². The van der Waals surface area contributed by atoms with E-state index in [0.29, 0.717) is 11.5 Å². The summed E-state index contributed by atoms with van der Waals surface area (Å²) in [7, 11) is -0.695. The number of halogens is 1. The van der Waals surface area contributed by atoms with Gasteiger partial charge in [0, 0.05) is 17.0 Å². The van der Waals surface area contributed by atoms with E-state index in [4.69, 9.17) is 16.7 Å². The third-order valence-electron chi connectivity index (χ3n) is 1.55. The van der Waals surface area contributed by atoms with Gasteiger partial charge in [-0.3, -0.25) is 0 Å². The molecule has 13 heavy (non-hydrogen) atoms. The van der Waals surface area contributed by atoms with Gasteiger partial charge in [0.05, 0.1) is 8.80 Å². The minimum absolute atomic E-state index is 0.233. The number of rotatable bonds is 4. The fraction of sp³-hybridized carbons (Fsp3) is 0.444. The molecule has 4 heteroatoms. The van der Waals surface area contributed by atoms with Crippen LogP contribution < -0.4 is 0 Å². The molecule has 0 rings (SSSR count). The summed E-state index contributed by atoms with van der Waals surface area (Å²) < 4.78 is 0. The zero-order valence-electron chi connectivity index (χ0n) is 8.17. The lowest BCUT2D eigenvalue weighted by Crippen LogP contribution is -1.98. The van der Waals surface area contributed by atoms with Crippen molar-refractivity contribution in [3.63, 3.8) is 0 Å². The molecule has 0 aliphatic heterocycles. The summed E-state index contributed by atoms with van der Waals surface area (Å²) in [6, 6.07) is 0. The molecule has 0 amide bonds. The van der Waals surface area contributed by atoms with Gasteiger partial charge in [-0.05, 0) is 6.92 Å². The van der Waals surface area contributed by atoms with Gasteiger partial charge in [0.2, 0.25) is 0 Å². The van der Waals surface area contributed by atoms with E-state index in [2.05, 4.69) is 18.8 Å². The van der Waals surface area contributed by atoms with E-state index in [9.17, 15) is 4.79 Å². The summed E-state index contributed by atoms with van der Waals surface area (Å²) >= 11 is 5.77. The van der Waals surface area contributed by atoms with Gasteiger partial charge in [-0.25, -0.2) is 4.79 Å². The predicted octanol–water partition coefficient (Wildman–Crippen LogP) is 2.56. The second-order valence-electron chi connectivity index (χ2n) is 3.21. The minimum atomic E-state index is -0.944. The van der Waals surface area contributed by atoms with Crippen LogP contribution in [0.1, 0.15) is 13.3 Å². The minimum Gasteiger partial charge on any atom is -0.478 e. The summed E-state index contributed by atoms with van der Waals surface area (Å²) in [6.45, 7) is 5.90. The molecule has 0 heterocycles. The van der Waals surface area contributed by atoms with Crippen molar-refractivity contribution in [1.29, 1.82) is 0 Å². The average Bonchev–Trinajstić information content (AvgIpc) is 2.02. The fourth-order valence-corrected chi connectivity index (χ4v) is 1.56. The normalized spacial score (nSPS) is 13.6. The Hall–Kier alpha value is -0.543. The first-order chi connectivity index (χ1) is 5.95. The van der Waals surface area contributed by atoms with Gasteiger partial charge in [-0.1, -0.05) is 30.8 Å². The molecule has 0 fully saturated rings. The maximum Gasteiger partial charge on any atom is 0.332 e. The smallest absolute Gasteiger partial charge is 0.332 e. The lowest BCUT2D eigenvalue weighted by molar-refractivity contribution is -0.132. The second kappa shape index (κ2) is 5.99. The summed E-state index contributed by atoms with van der Waals surface area (Å²) in [6.07, 6.45) is 2.48. The highest BCUT2D eigenvalue weighted by Gasteiger charge is 2.04. The molecule has 0 spiro atoms. The maximum atomic E-state index is 10.5. The first-order valence-electron chi connectivity index (χ1n) is 4.20. The Labute approximate surface area is 85.5 Å². The first-order valence-corrected chi connectivity index (χ1v) is 7.55. The molecule has 0 aliphatic carbocycles. The van der Waals surface area contributed by atoms with Gasteiger partial charge < -0.3 is 5.11 Å². The van der Waals surface area contributed by atoms with Crippen molar-refractivity contribution in [2.24, 2.45) is 0 Å². The molecular weight excluding hydrogens is 204 g/mol. The number of carboxylic acids is 1. The molecule has 0 saturated carbocycles. The summed E-state index contributed by atoms with van der Waals surface area (Å²) in [5.74, 6) is -0.944. The van der Waals surface area contributed by atoms with Crippen LogP contribution in [0.5, 0.6) is 0 Å². The van der Waals surface area contributed by atoms with E-state index in [1.165, 1.54) is 6.92 Å². The van der Waals surface area contributed by atoms with Crippen molar-refractivity contribution < 1.29 is 9.90 Å². The number of carbonyl (C=O) groups is 1. The van der Waals surface area contributed by atoms with Gasteiger partial charge in [-0.15, -0.1) is 5.70 Å². The van der Waals surface area contributed by atoms with Crippen LogP contribution in [0.25, 0.3) is 0 Å². The molecular formula is C9H15ClO2Si. The molecule has 1 N–H and O–H groups in total. The Morgan fingerprint density at radius 2 is 2.08 bits per heavy atom. The van der Waals surface area contributed by atoms with Crippen molar-refractivity contribution >= 4 is 26.4 Å². The van der Waals surface area contributed by atoms with Crippen LogP contribution in [0.4, 0.5) is 0 Å². The average molecular weight is 219 g/mol. The molecule has 2 nitrogen and oxygen atoms in total. The lowest BCUT2D eigenvalue weighted by Gasteiger charge is -1.97. The van der Waals surface area contributed by atoms with E-state index in [0.717, 1.165) is 0 Å². The Morgan fingerprint density at radius 3 is 2.46 bits per heavy atom. The van der Waals surface area contributed by atoms with Crippen LogP contribution in [-0.2, 0) is 4.79 Å². The SMILES string of the molecule is CC(C(=O)O)=C(Cl)CC=C[SiH](C)C. The van der Waals surface area contributed by atoms with Gasteiger partial charge in [0.15, 0.2) is 0 Å². The fourth-order valence-electron chi connectivity index (χ4n) is 0.713. The van der Waals surface area contributed by atoms with Crippen molar-refractivity contribution in [3.05, 3.63) is 22.4 Å².